The Balaban J connectivity index is 1.73. The van der Waals surface area contributed by atoms with Crippen molar-refractivity contribution in [1.29, 1.82) is 0 Å². The van der Waals surface area contributed by atoms with Crippen molar-refractivity contribution in [1.82, 2.24) is 0 Å². The lowest BCUT2D eigenvalue weighted by Gasteiger charge is -2.41. The largest absolute Gasteiger partial charge is 0.375 e. The molecule has 5 heteroatoms. The van der Waals surface area contributed by atoms with E-state index in [4.69, 9.17) is 11.6 Å². The first-order valence-corrected chi connectivity index (χ1v) is 10.9. The van der Waals surface area contributed by atoms with E-state index in [0.29, 0.717) is 35.7 Å². The van der Waals surface area contributed by atoms with Gasteiger partial charge in [0.15, 0.2) is 5.60 Å². The third-order valence-electron chi connectivity index (χ3n) is 6.81. The molecule has 158 valence electrons. The van der Waals surface area contributed by atoms with Gasteiger partial charge in [-0.3, -0.25) is 9.59 Å². The predicted octanol–water partition coefficient (Wildman–Crippen LogP) is 5.11. The van der Waals surface area contributed by atoms with Gasteiger partial charge < -0.3 is 10.0 Å². The summed E-state index contributed by atoms with van der Waals surface area (Å²) in [6.07, 6.45) is 1.73. The van der Waals surface area contributed by atoms with Crippen molar-refractivity contribution < 1.29 is 14.7 Å². The highest BCUT2D eigenvalue weighted by Crippen LogP contribution is 2.51. The first kappa shape index (κ1) is 21.1. The normalized spacial score (nSPS) is 26.8. The Morgan fingerprint density at radius 2 is 1.77 bits per heavy atom. The lowest BCUT2D eigenvalue weighted by Crippen LogP contribution is -2.51. The van der Waals surface area contributed by atoms with Gasteiger partial charge in [0.25, 0.3) is 5.91 Å². The van der Waals surface area contributed by atoms with Crippen LogP contribution in [0, 0.1) is 17.3 Å². The van der Waals surface area contributed by atoms with E-state index in [-0.39, 0.29) is 17.1 Å². The van der Waals surface area contributed by atoms with Crippen LogP contribution in [0.4, 0.5) is 5.69 Å². The first-order valence-electron chi connectivity index (χ1n) is 10.5. The van der Waals surface area contributed by atoms with E-state index in [1.807, 2.05) is 30.3 Å². The molecule has 0 bridgehead atoms. The molecule has 2 aliphatic rings. The molecule has 0 unspecified atom stereocenters. The highest BCUT2D eigenvalue weighted by molar-refractivity contribution is 6.30. The van der Waals surface area contributed by atoms with E-state index >= 15 is 0 Å². The molecule has 1 aliphatic heterocycles. The average Bonchev–Trinajstić information content (AvgIpc) is 2.92. The van der Waals surface area contributed by atoms with Crippen LogP contribution in [0.5, 0.6) is 0 Å². The van der Waals surface area contributed by atoms with E-state index in [1.54, 1.807) is 23.1 Å². The molecule has 2 aromatic rings. The summed E-state index contributed by atoms with van der Waals surface area (Å²) in [6.45, 7) is 6.79. The smallest absolute Gasteiger partial charge is 0.264 e. The summed E-state index contributed by atoms with van der Waals surface area (Å²) in [5.74, 6) is -0.880. The Kier molecular flexibility index (Phi) is 5.27. The van der Waals surface area contributed by atoms with Crippen molar-refractivity contribution in [2.75, 3.05) is 4.90 Å². The molecule has 0 radical (unpaired) electrons. The molecule has 4 rings (SSSR count). The lowest BCUT2D eigenvalue weighted by atomic mass is 9.63. The maximum Gasteiger partial charge on any atom is 0.264 e. The van der Waals surface area contributed by atoms with Crippen LogP contribution < -0.4 is 4.90 Å². The second-order valence-corrected chi connectivity index (χ2v) is 10.1. The SMILES string of the molecule is CC(C)(C)[C@@H]1CCC(=O)[C@H]([C@@]2(O)C(=O)N(Cc3ccc(Cl)cc3)c3ccccc32)C1. The Hall–Kier alpha value is -2.17. The van der Waals surface area contributed by atoms with Crippen molar-refractivity contribution in [3.63, 3.8) is 0 Å². The van der Waals surface area contributed by atoms with E-state index in [1.165, 1.54) is 0 Å². The number of nitrogens with zero attached hydrogens (tertiary/aromatic N) is 1. The molecule has 30 heavy (non-hydrogen) atoms. The summed E-state index contributed by atoms with van der Waals surface area (Å²) >= 11 is 5.99. The van der Waals surface area contributed by atoms with Gasteiger partial charge >= 0.3 is 0 Å². The highest BCUT2D eigenvalue weighted by atomic mass is 35.5. The maximum atomic E-state index is 13.7. The van der Waals surface area contributed by atoms with Crippen LogP contribution in [0.1, 0.15) is 51.2 Å². The molecule has 0 spiro atoms. The number of ketones is 1. The molecule has 0 saturated heterocycles. The van der Waals surface area contributed by atoms with Crippen LogP contribution in [0.25, 0.3) is 0 Å². The quantitative estimate of drug-likeness (QED) is 0.743. The number of rotatable bonds is 3. The number of fused-ring (bicyclic) bond motifs is 1. The number of anilines is 1. The third kappa shape index (κ3) is 3.46. The summed E-state index contributed by atoms with van der Waals surface area (Å²) in [4.78, 5) is 28.2. The van der Waals surface area contributed by atoms with Gasteiger partial charge in [-0.25, -0.2) is 0 Å². The molecule has 1 amide bonds. The fourth-order valence-corrected chi connectivity index (χ4v) is 5.07. The Labute approximate surface area is 182 Å². The fraction of sp³-hybridized carbons (Fsp3) is 0.440. The van der Waals surface area contributed by atoms with Crippen molar-refractivity contribution in [3.05, 3.63) is 64.7 Å². The molecule has 1 N–H and O–H groups in total. The van der Waals surface area contributed by atoms with E-state index in [9.17, 15) is 14.7 Å². The number of Topliss-reactive ketones (excluding diaryl/α,β-unsaturated/α-hetero) is 1. The van der Waals surface area contributed by atoms with Gasteiger partial charge in [-0.05, 0) is 47.9 Å². The number of hydrogen-bond acceptors (Lipinski definition) is 3. The van der Waals surface area contributed by atoms with Crippen LogP contribution in [0.2, 0.25) is 5.02 Å². The number of hydrogen-bond donors (Lipinski definition) is 1. The van der Waals surface area contributed by atoms with Gasteiger partial charge in [-0.1, -0.05) is 62.7 Å². The van der Waals surface area contributed by atoms with Crippen LogP contribution >= 0.6 is 11.6 Å². The molecule has 3 atom stereocenters. The molecule has 4 nitrogen and oxygen atoms in total. The zero-order valence-electron chi connectivity index (χ0n) is 17.7. The number of halogens is 1. The Morgan fingerprint density at radius 1 is 1.10 bits per heavy atom. The number of carbonyl (C=O) groups excluding carboxylic acids is 2. The van der Waals surface area contributed by atoms with Gasteiger partial charge in [0, 0.05) is 17.0 Å². The van der Waals surface area contributed by atoms with Gasteiger partial charge in [0.05, 0.1) is 18.2 Å². The average molecular weight is 426 g/mol. The molecular weight excluding hydrogens is 398 g/mol. The number of aliphatic hydroxyl groups is 1. The third-order valence-corrected chi connectivity index (χ3v) is 7.06. The standard InChI is InChI=1S/C25H28ClNO3/c1-24(2,3)17-10-13-22(28)20(14-17)25(30)19-6-4-5-7-21(19)27(23(25)29)15-16-8-11-18(26)12-9-16/h4-9,11-12,17,20,30H,10,13-15H2,1-3H3/t17-,20-,25-/m1/s1. The molecule has 0 aromatic heterocycles. The second-order valence-electron chi connectivity index (χ2n) is 9.66. The number of amides is 1. The monoisotopic (exact) mass is 425 g/mol. The van der Waals surface area contributed by atoms with Gasteiger partial charge in [-0.15, -0.1) is 0 Å². The fourth-order valence-electron chi connectivity index (χ4n) is 4.94. The van der Waals surface area contributed by atoms with Crippen molar-refractivity contribution in [2.45, 2.75) is 52.2 Å². The first-order chi connectivity index (χ1) is 14.1. The molecule has 2 aromatic carbocycles. The van der Waals surface area contributed by atoms with E-state index in [2.05, 4.69) is 20.8 Å². The lowest BCUT2D eigenvalue weighted by molar-refractivity contribution is -0.154. The zero-order chi connectivity index (χ0) is 21.7. The Morgan fingerprint density at radius 3 is 2.43 bits per heavy atom. The van der Waals surface area contributed by atoms with Gasteiger partial charge in [0.1, 0.15) is 5.78 Å². The van der Waals surface area contributed by atoms with Crippen molar-refractivity contribution in [3.8, 4) is 0 Å². The summed E-state index contributed by atoms with van der Waals surface area (Å²) in [5.41, 5.74) is 0.320. The summed E-state index contributed by atoms with van der Waals surface area (Å²) in [7, 11) is 0. The van der Waals surface area contributed by atoms with Crippen LogP contribution in [-0.2, 0) is 21.7 Å². The number of benzene rings is 2. The van der Waals surface area contributed by atoms with Crippen LogP contribution in [0.3, 0.4) is 0 Å². The van der Waals surface area contributed by atoms with Gasteiger partial charge in [-0.2, -0.15) is 0 Å². The van der Waals surface area contributed by atoms with Gasteiger partial charge in [0.2, 0.25) is 0 Å². The number of para-hydroxylation sites is 1. The Bertz CT molecular complexity index is 979. The zero-order valence-corrected chi connectivity index (χ0v) is 18.4. The molecule has 1 fully saturated rings. The minimum absolute atomic E-state index is 0.0134. The summed E-state index contributed by atoms with van der Waals surface area (Å²) in [5, 5.41) is 12.5. The van der Waals surface area contributed by atoms with Crippen molar-refractivity contribution in [2.24, 2.45) is 17.3 Å². The van der Waals surface area contributed by atoms with E-state index in [0.717, 1.165) is 12.0 Å². The van der Waals surface area contributed by atoms with Crippen LogP contribution in [-0.4, -0.2) is 16.8 Å². The molecule has 1 saturated carbocycles. The molecule has 1 aliphatic carbocycles. The second kappa shape index (κ2) is 7.51. The van der Waals surface area contributed by atoms with Crippen molar-refractivity contribution >= 4 is 29.0 Å². The minimum atomic E-state index is -1.82. The summed E-state index contributed by atoms with van der Waals surface area (Å²) < 4.78 is 0. The number of carbonyl (C=O) groups is 2. The summed E-state index contributed by atoms with van der Waals surface area (Å²) in [6, 6.07) is 14.6. The predicted molar refractivity (Wildman–Crippen MR) is 118 cm³/mol. The minimum Gasteiger partial charge on any atom is -0.375 e. The topological polar surface area (TPSA) is 57.6 Å². The maximum absolute atomic E-state index is 13.7. The van der Waals surface area contributed by atoms with E-state index < -0.39 is 17.4 Å². The molecular formula is C25H28ClNO3. The van der Waals surface area contributed by atoms with Crippen LogP contribution in [0.15, 0.2) is 48.5 Å². The molecule has 1 heterocycles. The highest BCUT2D eigenvalue weighted by Gasteiger charge is 2.58.